The van der Waals surface area contributed by atoms with Crippen LogP contribution in [0.3, 0.4) is 0 Å². The quantitative estimate of drug-likeness (QED) is 0.440. The monoisotopic (exact) mass is 464 g/mol. The first-order valence-corrected chi connectivity index (χ1v) is 11.1. The molecule has 1 aliphatic rings. The Labute approximate surface area is 197 Å². The van der Waals surface area contributed by atoms with Crippen molar-refractivity contribution in [2.75, 3.05) is 0 Å². The van der Waals surface area contributed by atoms with E-state index in [1.165, 1.54) is 0 Å². The zero-order chi connectivity index (χ0) is 23.6. The topological polar surface area (TPSA) is 111 Å². The molecule has 3 aromatic rings. The van der Waals surface area contributed by atoms with E-state index in [1.54, 1.807) is 41.6 Å². The molecule has 3 unspecified atom stereocenters. The van der Waals surface area contributed by atoms with Crippen LogP contribution in [0.15, 0.2) is 60.7 Å². The lowest BCUT2D eigenvalue weighted by atomic mass is 9.85. The van der Waals surface area contributed by atoms with E-state index < -0.39 is 10.9 Å². The van der Waals surface area contributed by atoms with Gasteiger partial charge >= 0.3 is 0 Å². The number of carbonyl (C=O) groups excluding carboxylic acids is 1. The van der Waals surface area contributed by atoms with Gasteiger partial charge in [0, 0.05) is 30.1 Å². The summed E-state index contributed by atoms with van der Waals surface area (Å²) < 4.78 is 1.70. The maximum Gasteiger partial charge on any atom is 0.249 e. The SMILES string of the molecule is Cc1ccc(C2(n3nnnc3C(C)C)C=CC(Cl)C(C(=O)NC(C)c3cnccn3)=C2)nc1. The molecule has 9 nitrogen and oxygen atoms in total. The molecule has 0 aliphatic heterocycles. The lowest BCUT2D eigenvalue weighted by Gasteiger charge is -2.33. The molecule has 0 radical (unpaired) electrons. The molecule has 3 aromatic heterocycles. The molecular weight excluding hydrogens is 440 g/mol. The smallest absolute Gasteiger partial charge is 0.249 e. The van der Waals surface area contributed by atoms with Crippen molar-refractivity contribution in [2.45, 2.75) is 50.6 Å². The van der Waals surface area contributed by atoms with Gasteiger partial charge in [-0.05, 0) is 48.1 Å². The van der Waals surface area contributed by atoms with Gasteiger partial charge in [-0.3, -0.25) is 19.7 Å². The fraction of sp³-hybridized carbons (Fsp3) is 0.348. The van der Waals surface area contributed by atoms with Crippen LogP contribution in [0.1, 0.15) is 55.5 Å². The highest BCUT2D eigenvalue weighted by molar-refractivity contribution is 6.27. The number of alkyl halides is 1. The molecule has 0 aromatic carbocycles. The molecule has 0 spiro atoms. The average molecular weight is 465 g/mol. The fourth-order valence-corrected chi connectivity index (χ4v) is 3.94. The number of hydrogen-bond acceptors (Lipinski definition) is 7. The molecule has 10 heteroatoms. The van der Waals surface area contributed by atoms with Gasteiger partial charge in [0.05, 0.1) is 29.0 Å². The van der Waals surface area contributed by atoms with E-state index in [4.69, 9.17) is 11.6 Å². The number of nitrogens with zero attached hydrogens (tertiary/aromatic N) is 7. The third-order valence-electron chi connectivity index (χ3n) is 5.51. The third kappa shape index (κ3) is 4.41. The lowest BCUT2D eigenvalue weighted by molar-refractivity contribution is -0.118. The van der Waals surface area contributed by atoms with Crippen molar-refractivity contribution in [1.82, 2.24) is 40.5 Å². The van der Waals surface area contributed by atoms with Gasteiger partial charge in [-0.1, -0.05) is 26.0 Å². The minimum absolute atomic E-state index is 0.0480. The Hall–Kier alpha value is -3.46. The predicted molar refractivity (Wildman–Crippen MR) is 123 cm³/mol. The van der Waals surface area contributed by atoms with Crippen LogP contribution in [0, 0.1) is 6.92 Å². The first kappa shape index (κ1) is 22.7. The number of rotatable bonds is 6. The summed E-state index contributed by atoms with van der Waals surface area (Å²) in [6, 6.07) is 3.52. The summed E-state index contributed by atoms with van der Waals surface area (Å²) in [5.74, 6) is 0.402. The standard InChI is InChI=1S/C23H25ClN8O/c1-14(2)21-29-30-31-32(21)23(20-6-5-15(3)12-27-20)8-7-18(24)17(11-23)22(33)28-16(4)19-13-25-9-10-26-19/h5-14,16,18H,1-4H3,(H,28,33). The highest BCUT2D eigenvalue weighted by atomic mass is 35.5. The van der Waals surface area contributed by atoms with Gasteiger partial charge in [0.15, 0.2) is 5.82 Å². The minimum atomic E-state index is -1.01. The van der Waals surface area contributed by atoms with E-state index in [1.807, 2.05) is 45.9 Å². The molecule has 33 heavy (non-hydrogen) atoms. The van der Waals surface area contributed by atoms with E-state index in [2.05, 4.69) is 35.8 Å². The molecule has 0 bridgehead atoms. The Balaban J connectivity index is 1.80. The molecule has 0 saturated carbocycles. The molecule has 1 aliphatic carbocycles. The van der Waals surface area contributed by atoms with Crippen molar-refractivity contribution in [2.24, 2.45) is 0 Å². The van der Waals surface area contributed by atoms with Crippen molar-refractivity contribution in [3.05, 3.63) is 83.5 Å². The normalized spacial score (nSPS) is 21.0. The van der Waals surface area contributed by atoms with Gasteiger partial charge < -0.3 is 5.32 Å². The number of allylic oxidation sites excluding steroid dienone is 3. The van der Waals surface area contributed by atoms with Crippen LogP contribution >= 0.6 is 11.6 Å². The fourth-order valence-electron chi connectivity index (χ4n) is 3.70. The number of hydrogen-bond donors (Lipinski definition) is 1. The van der Waals surface area contributed by atoms with Crippen molar-refractivity contribution >= 4 is 17.5 Å². The van der Waals surface area contributed by atoms with Crippen LogP contribution in [0.2, 0.25) is 0 Å². The second kappa shape index (κ2) is 9.19. The number of tetrazole rings is 1. The third-order valence-corrected chi connectivity index (χ3v) is 5.89. The summed E-state index contributed by atoms with van der Waals surface area (Å²) in [5, 5.41) is 14.8. The zero-order valence-corrected chi connectivity index (χ0v) is 19.6. The summed E-state index contributed by atoms with van der Waals surface area (Å²) in [7, 11) is 0. The summed E-state index contributed by atoms with van der Waals surface area (Å²) in [6.07, 6.45) is 12.0. The molecule has 3 heterocycles. The van der Waals surface area contributed by atoms with Crippen LogP contribution < -0.4 is 5.32 Å². The lowest BCUT2D eigenvalue weighted by Crippen LogP contribution is -2.40. The van der Waals surface area contributed by atoms with E-state index in [9.17, 15) is 4.79 Å². The maximum absolute atomic E-state index is 13.3. The largest absolute Gasteiger partial charge is 0.344 e. The Bertz CT molecular complexity index is 1190. The highest BCUT2D eigenvalue weighted by Crippen LogP contribution is 2.36. The molecule has 0 fully saturated rings. The van der Waals surface area contributed by atoms with E-state index in [0.29, 0.717) is 22.8 Å². The van der Waals surface area contributed by atoms with Crippen molar-refractivity contribution in [1.29, 1.82) is 0 Å². The summed E-state index contributed by atoms with van der Waals surface area (Å²) in [4.78, 5) is 26.3. The Morgan fingerprint density at radius 2 is 2.00 bits per heavy atom. The molecule has 1 amide bonds. The molecule has 3 atom stereocenters. The van der Waals surface area contributed by atoms with Gasteiger partial charge in [0.25, 0.3) is 0 Å². The van der Waals surface area contributed by atoms with Crippen LogP contribution in [0.4, 0.5) is 0 Å². The summed E-state index contributed by atoms with van der Waals surface area (Å²) in [5.41, 5.74) is 1.71. The Morgan fingerprint density at radius 3 is 2.67 bits per heavy atom. The Kier molecular flexibility index (Phi) is 6.33. The van der Waals surface area contributed by atoms with Crippen molar-refractivity contribution < 1.29 is 4.79 Å². The van der Waals surface area contributed by atoms with Crippen molar-refractivity contribution in [3.8, 4) is 0 Å². The predicted octanol–water partition coefficient (Wildman–Crippen LogP) is 3.01. The van der Waals surface area contributed by atoms with Gasteiger partial charge in [0.1, 0.15) is 5.54 Å². The number of halogens is 1. The number of pyridine rings is 1. The number of aromatic nitrogens is 7. The number of aryl methyl sites for hydroxylation is 1. The molecule has 170 valence electrons. The van der Waals surface area contributed by atoms with Gasteiger partial charge in [-0.2, -0.15) is 0 Å². The molecule has 0 saturated heterocycles. The minimum Gasteiger partial charge on any atom is -0.344 e. The summed E-state index contributed by atoms with van der Waals surface area (Å²) in [6.45, 7) is 7.83. The van der Waals surface area contributed by atoms with Crippen molar-refractivity contribution in [3.63, 3.8) is 0 Å². The summed E-state index contributed by atoms with van der Waals surface area (Å²) >= 11 is 6.59. The molecule has 4 rings (SSSR count). The first-order chi connectivity index (χ1) is 15.8. The average Bonchev–Trinajstić information content (AvgIpc) is 3.32. The zero-order valence-electron chi connectivity index (χ0n) is 18.8. The van der Waals surface area contributed by atoms with E-state index in [-0.39, 0.29) is 17.9 Å². The number of carbonyl (C=O) groups is 1. The first-order valence-electron chi connectivity index (χ1n) is 10.7. The van der Waals surface area contributed by atoms with Gasteiger partial charge in [-0.15, -0.1) is 16.7 Å². The van der Waals surface area contributed by atoms with Gasteiger partial charge in [-0.25, -0.2) is 4.68 Å². The number of amides is 1. The van der Waals surface area contributed by atoms with Crippen LogP contribution in [0.5, 0.6) is 0 Å². The second-order valence-corrected chi connectivity index (χ2v) is 8.81. The molecular formula is C23H25ClN8O. The molecule has 1 N–H and O–H groups in total. The maximum atomic E-state index is 13.3. The van der Waals surface area contributed by atoms with Crippen LogP contribution in [-0.2, 0) is 10.3 Å². The van der Waals surface area contributed by atoms with Crippen LogP contribution in [0.25, 0.3) is 0 Å². The Morgan fingerprint density at radius 1 is 1.18 bits per heavy atom. The highest BCUT2D eigenvalue weighted by Gasteiger charge is 2.40. The van der Waals surface area contributed by atoms with E-state index in [0.717, 1.165) is 5.56 Å². The second-order valence-electron chi connectivity index (χ2n) is 8.34. The number of nitrogens with one attached hydrogen (secondary N) is 1. The van der Waals surface area contributed by atoms with Gasteiger partial charge in [0.2, 0.25) is 5.91 Å². The van der Waals surface area contributed by atoms with E-state index >= 15 is 0 Å². The van der Waals surface area contributed by atoms with Crippen LogP contribution in [-0.4, -0.2) is 46.4 Å².